The molecule has 0 bridgehead atoms. The van der Waals surface area contributed by atoms with Crippen LogP contribution in [0.25, 0.3) is 17.0 Å². The van der Waals surface area contributed by atoms with Crippen LogP contribution in [0.5, 0.6) is 11.5 Å². The summed E-state index contributed by atoms with van der Waals surface area (Å²) >= 11 is 5.43. The third kappa shape index (κ3) is 4.73. The molecule has 0 aliphatic carbocycles. The zero-order chi connectivity index (χ0) is 23.5. The van der Waals surface area contributed by atoms with E-state index in [9.17, 15) is 4.79 Å². The lowest BCUT2D eigenvalue weighted by Crippen LogP contribution is -2.30. The minimum Gasteiger partial charge on any atom is -0.492 e. The van der Waals surface area contributed by atoms with E-state index in [4.69, 9.17) is 21.7 Å². The van der Waals surface area contributed by atoms with Gasteiger partial charge in [0.25, 0.3) is 5.91 Å². The van der Waals surface area contributed by atoms with Gasteiger partial charge < -0.3 is 18.9 Å². The Morgan fingerprint density at radius 3 is 2.42 bits per heavy atom. The number of para-hydroxylation sites is 1. The van der Waals surface area contributed by atoms with Crippen LogP contribution >= 0.6 is 12.2 Å². The second-order valence-electron chi connectivity index (χ2n) is 8.20. The number of likely N-dealkylation sites (N-methyl/N-ethyl adjacent to an activating group) is 2. The van der Waals surface area contributed by atoms with Crippen LogP contribution in [-0.2, 0) is 11.3 Å². The molecular formula is C26H29N3O3S. The van der Waals surface area contributed by atoms with Crippen LogP contribution in [0, 0.1) is 0 Å². The maximum absolute atomic E-state index is 12.8. The lowest BCUT2D eigenvalue weighted by Gasteiger charge is -2.13. The topological polar surface area (TPSA) is 46.9 Å². The highest BCUT2D eigenvalue weighted by molar-refractivity contribution is 7.80. The first kappa shape index (κ1) is 22.9. The molecule has 172 valence electrons. The highest BCUT2D eigenvalue weighted by Gasteiger charge is 2.34. The normalized spacial score (nSPS) is 15.4. The maximum atomic E-state index is 12.8. The van der Waals surface area contributed by atoms with Crippen molar-refractivity contribution in [1.29, 1.82) is 0 Å². The van der Waals surface area contributed by atoms with Gasteiger partial charge in [0.1, 0.15) is 23.8 Å². The largest absolute Gasteiger partial charge is 0.492 e. The lowest BCUT2D eigenvalue weighted by atomic mass is 10.1. The van der Waals surface area contributed by atoms with Crippen molar-refractivity contribution in [3.8, 4) is 11.5 Å². The van der Waals surface area contributed by atoms with Gasteiger partial charge in [0.15, 0.2) is 5.11 Å². The summed E-state index contributed by atoms with van der Waals surface area (Å²) in [6.07, 6.45) is 4.14. The number of rotatable bonds is 8. The molecule has 2 aromatic carbocycles. The molecule has 1 amide bonds. The average molecular weight is 464 g/mol. The SMILES string of the molecule is CCN1C(=O)/C(=C/c2cn(CCOc3ccc(OC(C)C)cc3)c3ccccc23)N(C)C1=S. The van der Waals surface area contributed by atoms with Gasteiger partial charge in [-0.15, -0.1) is 0 Å². The molecule has 7 heteroatoms. The molecule has 1 aliphatic rings. The van der Waals surface area contributed by atoms with Crippen LogP contribution < -0.4 is 9.47 Å². The average Bonchev–Trinajstić information content (AvgIpc) is 3.24. The van der Waals surface area contributed by atoms with E-state index in [2.05, 4.69) is 22.9 Å². The minimum absolute atomic E-state index is 0.0601. The Balaban J connectivity index is 1.52. The van der Waals surface area contributed by atoms with Crippen molar-refractivity contribution in [2.75, 3.05) is 20.2 Å². The van der Waals surface area contributed by atoms with E-state index in [1.165, 1.54) is 0 Å². The van der Waals surface area contributed by atoms with Gasteiger partial charge in [-0.1, -0.05) is 18.2 Å². The molecule has 1 fully saturated rings. The van der Waals surface area contributed by atoms with Crippen LogP contribution in [0.3, 0.4) is 0 Å². The van der Waals surface area contributed by atoms with Gasteiger partial charge in [-0.2, -0.15) is 0 Å². The highest BCUT2D eigenvalue weighted by atomic mass is 32.1. The zero-order valence-corrected chi connectivity index (χ0v) is 20.3. The first-order valence-corrected chi connectivity index (χ1v) is 11.6. The van der Waals surface area contributed by atoms with Gasteiger partial charge >= 0.3 is 0 Å². The van der Waals surface area contributed by atoms with Crippen LogP contribution in [0.2, 0.25) is 0 Å². The van der Waals surface area contributed by atoms with Crippen molar-refractivity contribution in [2.24, 2.45) is 0 Å². The molecule has 2 heterocycles. The smallest absolute Gasteiger partial charge is 0.276 e. The Morgan fingerprint density at radius 2 is 1.76 bits per heavy atom. The van der Waals surface area contributed by atoms with Crippen LogP contribution in [0.4, 0.5) is 0 Å². The second kappa shape index (κ2) is 9.67. The summed E-state index contributed by atoms with van der Waals surface area (Å²) in [5, 5.41) is 1.62. The van der Waals surface area contributed by atoms with Gasteiger partial charge in [-0.05, 0) is 69.4 Å². The molecule has 0 unspecified atom stereocenters. The van der Waals surface area contributed by atoms with Crippen molar-refractivity contribution in [2.45, 2.75) is 33.4 Å². The van der Waals surface area contributed by atoms with E-state index in [0.29, 0.717) is 30.5 Å². The van der Waals surface area contributed by atoms with Crippen molar-refractivity contribution in [1.82, 2.24) is 14.4 Å². The fourth-order valence-corrected chi connectivity index (χ4v) is 4.27. The molecule has 0 atom stereocenters. The van der Waals surface area contributed by atoms with Crippen molar-refractivity contribution in [3.63, 3.8) is 0 Å². The van der Waals surface area contributed by atoms with E-state index in [-0.39, 0.29) is 12.0 Å². The Bertz CT molecular complexity index is 1200. The summed E-state index contributed by atoms with van der Waals surface area (Å²) in [5.74, 6) is 1.57. The molecule has 0 N–H and O–H groups in total. The monoisotopic (exact) mass is 463 g/mol. The molecule has 3 aromatic rings. The van der Waals surface area contributed by atoms with Crippen LogP contribution in [-0.4, -0.2) is 51.7 Å². The standard InChI is InChI=1S/C26H29N3O3S/c1-5-29-25(30)24(27(4)26(29)33)16-19-17-28(23-9-7-6-8-22(19)23)14-15-31-20-10-12-21(13-11-20)32-18(2)3/h6-13,16-18H,5,14-15H2,1-4H3/b24-16-. The molecule has 0 spiro atoms. The number of hydrogen-bond acceptors (Lipinski definition) is 4. The quantitative estimate of drug-likeness (QED) is 0.350. The number of hydrogen-bond donors (Lipinski definition) is 0. The Kier molecular flexibility index (Phi) is 6.70. The van der Waals surface area contributed by atoms with E-state index in [1.807, 2.05) is 70.3 Å². The molecule has 0 radical (unpaired) electrons. The number of nitrogens with zero attached hydrogens (tertiary/aromatic N) is 3. The van der Waals surface area contributed by atoms with E-state index >= 15 is 0 Å². The number of fused-ring (bicyclic) bond motifs is 1. The summed E-state index contributed by atoms with van der Waals surface area (Å²) in [4.78, 5) is 16.2. The lowest BCUT2D eigenvalue weighted by molar-refractivity contribution is -0.122. The number of benzene rings is 2. The third-order valence-corrected chi connectivity index (χ3v) is 6.06. The predicted molar refractivity (Wildman–Crippen MR) is 135 cm³/mol. The number of carbonyl (C=O) groups is 1. The number of carbonyl (C=O) groups excluding carboxylic acids is 1. The number of amides is 1. The fraction of sp³-hybridized carbons (Fsp3) is 0.308. The Labute approximate surface area is 200 Å². The molecule has 6 nitrogen and oxygen atoms in total. The number of aromatic nitrogens is 1. The predicted octanol–water partition coefficient (Wildman–Crippen LogP) is 4.93. The zero-order valence-electron chi connectivity index (χ0n) is 19.4. The number of thiocarbonyl (C=S) groups is 1. The van der Waals surface area contributed by atoms with Gasteiger partial charge in [0.2, 0.25) is 0 Å². The molecule has 1 aromatic heterocycles. The number of ether oxygens (including phenoxy) is 2. The van der Waals surface area contributed by atoms with E-state index in [1.54, 1.807) is 9.80 Å². The van der Waals surface area contributed by atoms with Crippen LogP contribution in [0.1, 0.15) is 26.3 Å². The summed E-state index contributed by atoms with van der Waals surface area (Å²) in [6, 6.07) is 15.9. The van der Waals surface area contributed by atoms with Gasteiger partial charge in [0, 0.05) is 36.3 Å². The fourth-order valence-electron chi connectivity index (χ4n) is 3.96. The second-order valence-corrected chi connectivity index (χ2v) is 8.57. The summed E-state index contributed by atoms with van der Waals surface area (Å²) in [7, 11) is 1.84. The molecule has 0 saturated carbocycles. The Hall–Kier alpha value is -3.32. The molecule has 1 saturated heterocycles. The first-order chi connectivity index (χ1) is 15.9. The molecule has 1 aliphatic heterocycles. The van der Waals surface area contributed by atoms with Crippen molar-refractivity contribution in [3.05, 3.63) is 66.0 Å². The van der Waals surface area contributed by atoms with Crippen molar-refractivity contribution < 1.29 is 14.3 Å². The van der Waals surface area contributed by atoms with Crippen LogP contribution in [0.15, 0.2) is 60.4 Å². The van der Waals surface area contributed by atoms with Gasteiger partial charge in [-0.3, -0.25) is 9.69 Å². The Morgan fingerprint density at radius 1 is 1.06 bits per heavy atom. The highest BCUT2D eigenvalue weighted by Crippen LogP contribution is 2.27. The molecule has 33 heavy (non-hydrogen) atoms. The van der Waals surface area contributed by atoms with E-state index in [0.717, 1.165) is 28.0 Å². The molecular weight excluding hydrogens is 434 g/mol. The van der Waals surface area contributed by atoms with Crippen molar-refractivity contribution >= 4 is 40.2 Å². The summed E-state index contributed by atoms with van der Waals surface area (Å²) in [6.45, 7) is 7.69. The summed E-state index contributed by atoms with van der Waals surface area (Å²) in [5.41, 5.74) is 2.66. The third-order valence-electron chi connectivity index (χ3n) is 5.57. The minimum atomic E-state index is -0.0601. The summed E-state index contributed by atoms with van der Waals surface area (Å²) < 4.78 is 13.8. The maximum Gasteiger partial charge on any atom is 0.276 e. The van der Waals surface area contributed by atoms with E-state index < -0.39 is 0 Å². The molecule has 4 rings (SSSR count). The first-order valence-electron chi connectivity index (χ1n) is 11.2. The van der Waals surface area contributed by atoms with Gasteiger partial charge in [0.05, 0.1) is 12.6 Å². The van der Waals surface area contributed by atoms with Gasteiger partial charge in [-0.25, -0.2) is 0 Å².